The van der Waals surface area contributed by atoms with E-state index in [2.05, 4.69) is 20.2 Å². The van der Waals surface area contributed by atoms with Gasteiger partial charge in [-0.15, -0.1) is 0 Å². The highest BCUT2D eigenvalue weighted by Gasteiger charge is 2.26. The lowest BCUT2D eigenvalue weighted by Gasteiger charge is -2.34. The molecule has 30 heavy (non-hydrogen) atoms. The standard InChI is InChI=1S/C21H21N5O4/c27-20(24-15-2-3-16-17(10-15)23-12-22-16)21(28)26-7-5-25(6-8-26)11-14-1-4-18-19(9-14)30-13-29-18/h1-4,9-10,12H,5-8,11,13H2,(H,22,23)(H,24,27). The number of nitrogens with zero attached hydrogens (tertiary/aromatic N) is 3. The fourth-order valence-electron chi connectivity index (χ4n) is 3.75. The van der Waals surface area contributed by atoms with Gasteiger partial charge in [-0.2, -0.15) is 0 Å². The minimum Gasteiger partial charge on any atom is -0.454 e. The van der Waals surface area contributed by atoms with E-state index in [1.165, 1.54) is 0 Å². The Morgan fingerprint density at radius 1 is 1.03 bits per heavy atom. The number of carbonyl (C=O) groups is 2. The number of fused-ring (bicyclic) bond motifs is 2. The van der Waals surface area contributed by atoms with Gasteiger partial charge in [-0.05, 0) is 35.9 Å². The van der Waals surface area contributed by atoms with Crippen molar-refractivity contribution in [2.45, 2.75) is 6.54 Å². The van der Waals surface area contributed by atoms with E-state index < -0.39 is 11.8 Å². The van der Waals surface area contributed by atoms with Crippen molar-refractivity contribution in [3.05, 3.63) is 48.3 Å². The summed E-state index contributed by atoms with van der Waals surface area (Å²) in [5.74, 6) is 0.402. The molecule has 0 spiro atoms. The molecule has 2 aromatic carbocycles. The Morgan fingerprint density at radius 3 is 2.73 bits per heavy atom. The van der Waals surface area contributed by atoms with E-state index in [0.717, 1.165) is 34.6 Å². The van der Waals surface area contributed by atoms with Crippen LogP contribution in [0.15, 0.2) is 42.7 Å². The third kappa shape index (κ3) is 3.67. The Balaban J connectivity index is 1.14. The van der Waals surface area contributed by atoms with Gasteiger partial charge in [0, 0.05) is 38.4 Å². The van der Waals surface area contributed by atoms with E-state index in [-0.39, 0.29) is 6.79 Å². The molecule has 9 heteroatoms. The van der Waals surface area contributed by atoms with Crippen molar-refractivity contribution in [1.29, 1.82) is 0 Å². The maximum Gasteiger partial charge on any atom is 0.313 e. The molecule has 0 aliphatic carbocycles. The molecule has 3 aromatic rings. The highest BCUT2D eigenvalue weighted by Crippen LogP contribution is 2.32. The van der Waals surface area contributed by atoms with E-state index in [1.807, 2.05) is 18.2 Å². The maximum absolute atomic E-state index is 12.6. The number of imidazole rings is 1. The summed E-state index contributed by atoms with van der Waals surface area (Å²) in [6.07, 6.45) is 1.59. The van der Waals surface area contributed by atoms with E-state index in [9.17, 15) is 9.59 Å². The van der Waals surface area contributed by atoms with Crippen molar-refractivity contribution in [2.24, 2.45) is 0 Å². The van der Waals surface area contributed by atoms with Crippen molar-refractivity contribution in [1.82, 2.24) is 19.8 Å². The minimum atomic E-state index is -0.627. The Bertz CT molecular complexity index is 1100. The number of rotatable bonds is 3. The summed E-state index contributed by atoms with van der Waals surface area (Å²) in [6, 6.07) is 11.2. The first-order chi connectivity index (χ1) is 14.7. The molecule has 5 rings (SSSR count). The Kier molecular flexibility index (Phi) is 4.72. The molecule has 1 fully saturated rings. The van der Waals surface area contributed by atoms with E-state index in [0.29, 0.717) is 31.9 Å². The molecule has 2 aliphatic rings. The van der Waals surface area contributed by atoms with Crippen LogP contribution < -0.4 is 14.8 Å². The Morgan fingerprint density at radius 2 is 1.87 bits per heavy atom. The fraction of sp³-hybridized carbons (Fsp3) is 0.286. The lowest BCUT2D eigenvalue weighted by Crippen LogP contribution is -2.51. The van der Waals surface area contributed by atoms with Gasteiger partial charge in [-0.25, -0.2) is 4.98 Å². The zero-order valence-corrected chi connectivity index (χ0v) is 16.3. The molecule has 2 aliphatic heterocycles. The van der Waals surface area contributed by atoms with Gasteiger partial charge >= 0.3 is 11.8 Å². The molecule has 154 valence electrons. The number of hydrogen-bond acceptors (Lipinski definition) is 6. The molecule has 0 bridgehead atoms. The summed E-state index contributed by atoms with van der Waals surface area (Å²) in [5, 5.41) is 2.68. The van der Waals surface area contributed by atoms with Crippen LogP contribution in [0.1, 0.15) is 5.56 Å². The van der Waals surface area contributed by atoms with Gasteiger partial charge in [0.25, 0.3) is 0 Å². The summed E-state index contributed by atoms with van der Waals surface area (Å²) in [7, 11) is 0. The third-order valence-corrected chi connectivity index (χ3v) is 5.38. The predicted molar refractivity (Wildman–Crippen MR) is 109 cm³/mol. The number of anilines is 1. The fourth-order valence-corrected chi connectivity index (χ4v) is 3.75. The largest absolute Gasteiger partial charge is 0.454 e. The summed E-state index contributed by atoms with van der Waals surface area (Å²) in [6.45, 7) is 3.44. The number of benzene rings is 2. The average Bonchev–Trinajstić information content (AvgIpc) is 3.42. The number of ether oxygens (including phenoxy) is 2. The van der Waals surface area contributed by atoms with Gasteiger partial charge in [0.05, 0.1) is 17.4 Å². The Hall–Kier alpha value is -3.59. The summed E-state index contributed by atoms with van der Waals surface area (Å²) in [5.41, 5.74) is 3.30. The van der Waals surface area contributed by atoms with Gasteiger partial charge in [0.1, 0.15) is 0 Å². The van der Waals surface area contributed by atoms with Crippen LogP contribution in [0.4, 0.5) is 5.69 Å². The van der Waals surface area contributed by atoms with Crippen LogP contribution in [0.3, 0.4) is 0 Å². The molecule has 9 nitrogen and oxygen atoms in total. The van der Waals surface area contributed by atoms with Crippen molar-refractivity contribution >= 4 is 28.5 Å². The van der Waals surface area contributed by atoms with Crippen LogP contribution in [-0.4, -0.2) is 64.6 Å². The molecule has 0 saturated carbocycles. The number of amides is 2. The monoisotopic (exact) mass is 407 g/mol. The molecule has 1 saturated heterocycles. The van der Waals surface area contributed by atoms with E-state index >= 15 is 0 Å². The second-order valence-corrected chi connectivity index (χ2v) is 7.34. The number of piperazine rings is 1. The number of hydrogen-bond donors (Lipinski definition) is 2. The normalized spacial score (nSPS) is 16.1. The quantitative estimate of drug-likeness (QED) is 0.640. The van der Waals surface area contributed by atoms with Crippen LogP contribution in [0, 0.1) is 0 Å². The van der Waals surface area contributed by atoms with E-state index in [4.69, 9.17) is 9.47 Å². The first kappa shape index (κ1) is 18.4. The molecule has 2 N–H and O–H groups in total. The van der Waals surface area contributed by atoms with Crippen LogP contribution in [-0.2, 0) is 16.1 Å². The second-order valence-electron chi connectivity index (χ2n) is 7.34. The molecule has 0 unspecified atom stereocenters. The SMILES string of the molecule is O=C(Nc1ccc2nc[nH]c2c1)C(=O)N1CCN(Cc2ccc3c(c2)OCO3)CC1. The molecule has 3 heterocycles. The maximum atomic E-state index is 12.6. The zero-order chi connectivity index (χ0) is 20.5. The van der Waals surface area contributed by atoms with Crippen molar-refractivity contribution in [3.63, 3.8) is 0 Å². The van der Waals surface area contributed by atoms with Crippen molar-refractivity contribution in [2.75, 3.05) is 38.3 Å². The molecule has 0 atom stereocenters. The second kappa shape index (κ2) is 7.68. The summed E-state index contributed by atoms with van der Waals surface area (Å²) < 4.78 is 10.8. The van der Waals surface area contributed by atoms with Crippen LogP contribution in [0.5, 0.6) is 11.5 Å². The molecule has 0 radical (unpaired) electrons. The van der Waals surface area contributed by atoms with Crippen molar-refractivity contribution in [3.8, 4) is 11.5 Å². The average molecular weight is 407 g/mol. The summed E-state index contributed by atoms with van der Waals surface area (Å²) in [4.78, 5) is 35.9. The van der Waals surface area contributed by atoms with Crippen LogP contribution in [0.25, 0.3) is 11.0 Å². The topological polar surface area (TPSA) is 99.8 Å². The number of aromatic nitrogens is 2. The number of aromatic amines is 1. The van der Waals surface area contributed by atoms with Gasteiger partial charge in [-0.1, -0.05) is 6.07 Å². The number of H-pyrrole nitrogens is 1. The molecular formula is C21H21N5O4. The highest BCUT2D eigenvalue weighted by molar-refractivity contribution is 6.39. The minimum absolute atomic E-state index is 0.261. The summed E-state index contributed by atoms with van der Waals surface area (Å²) >= 11 is 0. The number of nitrogens with one attached hydrogen (secondary N) is 2. The lowest BCUT2D eigenvalue weighted by molar-refractivity contribution is -0.144. The molecule has 2 amide bonds. The molecule has 1 aromatic heterocycles. The van der Waals surface area contributed by atoms with Gasteiger partial charge < -0.3 is 24.7 Å². The van der Waals surface area contributed by atoms with Gasteiger partial charge in [0.15, 0.2) is 11.5 Å². The van der Waals surface area contributed by atoms with E-state index in [1.54, 1.807) is 29.4 Å². The highest BCUT2D eigenvalue weighted by atomic mass is 16.7. The zero-order valence-electron chi connectivity index (χ0n) is 16.3. The lowest BCUT2D eigenvalue weighted by atomic mass is 10.1. The van der Waals surface area contributed by atoms with Crippen LogP contribution in [0.2, 0.25) is 0 Å². The van der Waals surface area contributed by atoms with Gasteiger partial charge in [-0.3, -0.25) is 14.5 Å². The molecular weight excluding hydrogens is 386 g/mol. The first-order valence-corrected chi connectivity index (χ1v) is 9.80. The predicted octanol–water partition coefficient (Wildman–Crippen LogP) is 1.57. The third-order valence-electron chi connectivity index (χ3n) is 5.38. The Labute approximate surface area is 172 Å². The number of carbonyl (C=O) groups excluding carboxylic acids is 2. The first-order valence-electron chi connectivity index (χ1n) is 9.80. The smallest absolute Gasteiger partial charge is 0.313 e. The van der Waals surface area contributed by atoms with Crippen LogP contribution >= 0.6 is 0 Å². The van der Waals surface area contributed by atoms with Crippen molar-refractivity contribution < 1.29 is 19.1 Å². The van der Waals surface area contributed by atoms with Gasteiger partial charge in [0.2, 0.25) is 6.79 Å².